The molecule has 0 unspecified atom stereocenters. The molecule has 4 heteroatoms. The highest BCUT2D eigenvalue weighted by Gasteiger charge is 2.17. The van der Waals surface area contributed by atoms with Crippen LogP contribution in [0.2, 0.25) is 0 Å². The standard InChI is InChI=1S/C18H23N3S/c1-12-11-21-15(9-10-19)16(20-17(21)22-12)13-5-7-14(8-6-13)18(2,3)4/h5-8,11H,9-10,19H2,1-4H3. The number of aromatic nitrogens is 2. The zero-order valence-electron chi connectivity index (χ0n) is 13.7. The summed E-state index contributed by atoms with van der Waals surface area (Å²) in [6, 6.07) is 8.78. The van der Waals surface area contributed by atoms with E-state index in [1.165, 1.54) is 21.7 Å². The molecular weight excluding hydrogens is 290 g/mol. The smallest absolute Gasteiger partial charge is 0.194 e. The Kier molecular flexibility index (Phi) is 3.83. The molecule has 1 aromatic carbocycles. The fourth-order valence-corrected chi connectivity index (χ4v) is 3.58. The van der Waals surface area contributed by atoms with Gasteiger partial charge in [-0.2, -0.15) is 0 Å². The molecule has 0 aliphatic rings. The van der Waals surface area contributed by atoms with Crippen molar-refractivity contribution in [3.05, 3.63) is 46.6 Å². The number of benzene rings is 1. The first-order valence-electron chi connectivity index (χ1n) is 7.68. The van der Waals surface area contributed by atoms with Crippen LogP contribution >= 0.6 is 11.3 Å². The van der Waals surface area contributed by atoms with Crippen molar-refractivity contribution >= 4 is 16.3 Å². The number of rotatable bonds is 3. The normalized spacial score (nSPS) is 12.2. The summed E-state index contributed by atoms with van der Waals surface area (Å²) in [7, 11) is 0. The third-order valence-corrected chi connectivity index (χ3v) is 4.84. The minimum atomic E-state index is 0.171. The lowest BCUT2D eigenvalue weighted by Gasteiger charge is -2.19. The summed E-state index contributed by atoms with van der Waals surface area (Å²) in [4.78, 5) is 7.17. The largest absolute Gasteiger partial charge is 0.330 e. The summed E-state index contributed by atoms with van der Waals surface area (Å²) in [5.41, 5.74) is 10.8. The maximum absolute atomic E-state index is 5.81. The Labute approximate surface area is 135 Å². The fraction of sp³-hybridized carbons (Fsp3) is 0.389. The molecule has 2 heterocycles. The average molecular weight is 313 g/mol. The predicted octanol–water partition coefficient (Wildman–Crippen LogP) is 4.17. The van der Waals surface area contributed by atoms with Crippen molar-refractivity contribution in [3.8, 4) is 11.3 Å². The second-order valence-electron chi connectivity index (χ2n) is 6.77. The molecule has 3 rings (SSSR count). The topological polar surface area (TPSA) is 43.3 Å². The van der Waals surface area contributed by atoms with Crippen molar-refractivity contribution in [1.82, 2.24) is 9.38 Å². The van der Waals surface area contributed by atoms with Gasteiger partial charge in [-0.15, -0.1) is 11.3 Å². The first kappa shape index (κ1) is 15.3. The quantitative estimate of drug-likeness (QED) is 0.788. The molecule has 3 nitrogen and oxygen atoms in total. The minimum Gasteiger partial charge on any atom is -0.330 e. The number of hydrogen-bond donors (Lipinski definition) is 1. The summed E-state index contributed by atoms with van der Waals surface area (Å²) in [6.45, 7) is 9.45. The van der Waals surface area contributed by atoms with E-state index in [9.17, 15) is 0 Å². The molecule has 0 amide bonds. The van der Waals surface area contributed by atoms with Crippen molar-refractivity contribution in [2.24, 2.45) is 5.73 Å². The van der Waals surface area contributed by atoms with Gasteiger partial charge in [0.2, 0.25) is 0 Å². The van der Waals surface area contributed by atoms with Crippen molar-refractivity contribution in [2.45, 2.75) is 39.5 Å². The lowest BCUT2D eigenvalue weighted by atomic mass is 9.86. The lowest BCUT2D eigenvalue weighted by Crippen LogP contribution is -2.10. The van der Waals surface area contributed by atoms with Crippen molar-refractivity contribution < 1.29 is 0 Å². The Morgan fingerprint density at radius 2 is 1.86 bits per heavy atom. The highest BCUT2D eigenvalue weighted by atomic mass is 32.1. The molecule has 0 bridgehead atoms. The van der Waals surface area contributed by atoms with Gasteiger partial charge in [0.05, 0.1) is 11.4 Å². The van der Waals surface area contributed by atoms with Crippen molar-refractivity contribution in [2.75, 3.05) is 6.54 Å². The second kappa shape index (κ2) is 5.52. The molecule has 0 fully saturated rings. The van der Waals surface area contributed by atoms with Crippen LogP contribution in [0.15, 0.2) is 30.5 Å². The molecule has 0 spiro atoms. The molecule has 22 heavy (non-hydrogen) atoms. The van der Waals surface area contributed by atoms with E-state index < -0.39 is 0 Å². The highest BCUT2D eigenvalue weighted by Crippen LogP contribution is 2.30. The van der Waals surface area contributed by atoms with Gasteiger partial charge in [0.15, 0.2) is 4.96 Å². The van der Waals surface area contributed by atoms with Crippen LogP contribution in [-0.2, 0) is 11.8 Å². The summed E-state index contributed by atoms with van der Waals surface area (Å²) in [6.07, 6.45) is 3.00. The monoisotopic (exact) mass is 313 g/mol. The highest BCUT2D eigenvalue weighted by molar-refractivity contribution is 7.17. The van der Waals surface area contributed by atoms with Crippen LogP contribution in [0.3, 0.4) is 0 Å². The van der Waals surface area contributed by atoms with Gasteiger partial charge in [0, 0.05) is 23.1 Å². The first-order valence-corrected chi connectivity index (χ1v) is 8.50. The molecule has 2 aromatic heterocycles. The molecule has 0 aliphatic heterocycles. The number of aryl methyl sites for hydroxylation is 1. The predicted molar refractivity (Wildman–Crippen MR) is 94.7 cm³/mol. The zero-order chi connectivity index (χ0) is 15.9. The Bertz CT molecular complexity index is 788. The summed E-state index contributed by atoms with van der Waals surface area (Å²) >= 11 is 1.73. The summed E-state index contributed by atoms with van der Waals surface area (Å²) in [5.74, 6) is 0. The molecular formula is C18H23N3S. The molecule has 0 atom stereocenters. The molecule has 116 valence electrons. The van der Waals surface area contributed by atoms with Gasteiger partial charge in [-0.3, -0.25) is 4.40 Å². The second-order valence-corrected chi connectivity index (χ2v) is 7.98. The van der Waals surface area contributed by atoms with E-state index in [1.807, 2.05) is 0 Å². The Balaban J connectivity index is 2.09. The number of fused-ring (bicyclic) bond motifs is 1. The van der Waals surface area contributed by atoms with E-state index in [0.717, 1.165) is 17.1 Å². The number of thiazole rings is 1. The SMILES string of the molecule is Cc1cn2c(CCN)c(-c3ccc(C(C)(C)C)cc3)nc2s1. The number of nitrogens with two attached hydrogens (primary N) is 1. The van der Waals surface area contributed by atoms with E-state index in [2.05, 4.69) is 62.6 Å². The van der Waals surface area contributed by atoms with Crippen LogP contribution in [0.4, 0.5) is 0 Å². The molecule has 3 aromatic rings. The Morgan fingerprint density at radius 1 is 1.18 bits per heavy atom. The van der Waals surface area contributed by atoms with Crippen LogP contribution in [0, 0.1) is 6.92 Å². The molecule has 0 saturated heterocycles. The number of imidazole rings is 1. The third kappa shape index (κ3) is 2.69. The first-order chi connectivity index (χ1) is 10.4. The fourth-order valence-electron chi connectivity index (χ4n) is 2.74. The van der Waals surface area contributed by atoms with Crippen LogP contribution in [0.5, 0.6) is 0 Å². The van der Waals surface area contributed by atoms with Gasteiger partial charge >= 0.3 is 0 Å². The van der Waals surface area contributed by atoms with E-state index >= 15 is 0 Å². The average Bonchev–Trinajstić information content (AvgIpc) is 2.96. The van der Waals surface area contributed by atoms with Gasteiger partial charge in [0.1, 0.15) is 0 Å². The van der Waals surface area contributed by atoms with Gasteiger partial charge < -0.3 is 5.73 Å². The molecule has 0 aliphatic carbocycles. The van der Waals surface area contributed by atoms with Gasteiger partial charge in [0.25, 0.3) is 0 Å². The number of hydrogen-bond acceptors (Lipinski definition) is 3. The van der Waals surface area contributed by atoms with Crippen LogP contribution in [0.1, 0.15) is 36.9 Å². The van der Waals surface area contributed by atoms with Crippen molar-refractivity contribution in [3.63, 3.8) is 0 Å². The summed E-state index contributed by atoms with van der Waals surface area (Å²) < 4.78 is 2.19. The van der Waals surface area contributed by atoms with Crippen LogP contribution in [-0.4, -0.2) is 15.9 Å². The van der Waals surface area contributed by atoms with E-state index in [4.69, 9.17) is 10.7 Å². The van der Waals surface area contributed by atoms with E-state index in [1.54, 1.807) is 11.3 Å². The maximum atomic E-state index is 5.81. The molecule has 0 saturated carbocycles. The molecule has 2 N–H and O–H groups in total. The maximum Gasteiger partial charge on any atom is 0.194 e. The molecule has 0 radical (unpaired) electrons. The van der Waals surface area contributed by atoms with Crippen LogP contribution in [0.25, 0.3) is 16.2 Å². The van der Waals surface area contributed by atoms with Crippen molar-refractivity contribution in [1.29, 1.82) is 0 Å². The van der Waals surface area contributed by atoms with E-state index in [0.29, 0.717) is 6.54 Å². The minimum absolute atomic E-state index is 0.171. The Morgan fingerprint density at radius 3 is 2.45 bits per heavy atom. The van der Waals surface area contributed by atoms with Gasteiger partial charge in [-0.25, -0.2) is 4.98 Å². The zero-order valence-corrected chi connectivity index (χ0v) is 14.5. The third-order valence-electron chi connectivity index (χ3n) is 3.95. The number of nitrogens with zero attached hydrogens (tertiary/aromatic N) is 2. The van der Waals surface area contributed by atoms with Gasteiger partial charge in [-0.1, -0.05) is 45.0 Å². The van der Waals surface area contributed by atoms with Crippen LogP contribution < -0.4 is 5.73 Å². The lowest BCUT2D eigenvalue weighted by molar-refractivity contribution is 0.590. The Hall–Kier alpha value is -1.65. The van der Waals surface area contributed by atoms with Gasteiger partial charge in [-0.05, 0) is 24.4 Å². The van der Waals surface area contributed by atoms with E-state index in [-0.39, 0.29) is 5.41 Å². The summed E-state index contributed by atoms with van der Waals surface area (Å²) in [5, 5.41) is 0.